The second kappa shape index (κ2) is 7.13. The summed E-state index contributed by atoms with van der Waals surface area (Å²) in [6.07, 6.45) is 0.839. The van der Waals surface area contributed by atoms with Crippen molar-refractivity contribution in [3.63, 3.8) is 0 Å². The first-order valence-electron chi connectivity index (χ1n) is 10.4. The fourth-order valence-corrected chi connectivity index (χ4v) is 4.40. The Morgan fingerprint density at radius 3 is 2.58 bits per heavy atom. The second-order valence-corrected chi connectivity index (χ2v) is 7.97. The molecule has 7 nitrogen and oxygen atoms in total. The summed E-state index contributed by atoms with van der Waals surface area (Å²) in [6, 6.07) is 15.2. The number of carbonyl (C=O) groups excluding carboxylic acids is 1. The predicted octanol–water partition coefficient (Wildman–Crippen LogP) is 4.91. The molecule has 164 valence electrons. The summed E-state index contributed by atoms with van der Waals surface area (Å²) < 4.78 is 29.3. The third-order valence-electron chi connectivity index (χ3n) is 6.00. The van der Waals surface area contributed by atoms with Crippen molar-refractivity contribution in [1.82, 2.24) is 0 Å². The van der Waals surface area contributed by atoms with Gasteiger partial charge < -0.3 is 23.4 Å². The maximum Gasteiger partial charge on any atom is 0.343 e. The normalized spacial score (nSPS) is 18.3. The van der Waals surface area contributed by atoms with E-state index in [2.05, 4.69) is 0 Å². The highest BCUT2D eigenvalue weighted by atomic mass is 16.6. The zero-order valence-electron chi connectivity index (χ0n) is 17.8. The lowest BCUT2D eigenvalue weighted by atomic mass is 10.00. The second-order valence-electron chi connectivity index (χ2n) is 7.97. The van der Waals surface area contributed by atoms with Crippen molar-refractivity contribution in [1.29, 1.82) is 0 Å². The van der Waals surface area contributed by atoms with Gasteiger partial charge in [0.05, 0.1) is 29.9 Å². The van der Waals surface area contributed by atoms with Gasteiger partial charge in [0, 0.05) is 11.6 Å². The molecule has 0 spiro atoms. The van der Waals surface area contributed by atoms with E-state index in [4.69, 9.17) is 23.4 Å². The van der Waals surface area contributed by atoms with Gasteiger partial charge in [-0.25, -0.2) is 4.79 Å². The van der Waals surface area contributed by atoms with Crippen LogP contribution in [0.2, 0.25) is 0 Å². The van der Waals surface area contributed by atoms with Crippen LogP contribution < -0.4 is 19.6 Å². The summed E-state index contributed by atoms with van der Waals surface area (Å²) in [5.74, 6) is 0.340. The third kappa shape index (κ3) is 2.82. The van der Waals surface area contributed by atoms with Crippen LogP contribution in [0.3, 0.4) is 0 Å². The molecule has 0 fully saturated rings. The maximum atomic E-state index is 13.6. The minimum Gasteiger partial charge on any atom is -0.493 e. The van der Waals surface area contributed by atoms with E-state index in [0.717, 1.165) is 5.57 Å². The molecule has 33 heavy (non-hydrogen) atoms. The molecule has 2 aliphatic rings. The number of ether oxygens (including phenoxy) is 4. The molecule has 6 rings (SSSR count). The van der Waals surface area contributed by atoms with Crippen LogP contribution in [0, 0.1) is 0 Å². The van der Waals surface area contributed by atoms with Crippen LogP contribution in [-0.4, -0.2) is 19.2 Å². The minimum absolute atomic E-state index is 0.0673. The van der Waals surface area contributed by atoms with Crippen LogP contribution in [0.5, 0.6) is 17.2 Å². The van der Waals surface area contributed by atoms with Gasteiger partial charge in [-0.05, 0) is 31.2 Å². The van der Waals surface area contributed by atoms with Gasteiger partial charge in [0.15, 0.2) is 29.1 Å². The molecular formula is C26H18O7. The minimum atomic E-state index is -0.590. The lowest BCUT2D eigenvalue weighted by molar-refractivity contribution is 0.0736. The molecule has 0 saturated carbocycles. The first kappa shape index (κ1) is 19.4. The standard InChI is InChI=1S/C26H18O7/c1-13-12-30-25-20-18(31-22(13)25)11-17(32-26(28)14-7-4-3-5-8-14)19-21(27)15-9-6-10-16(29-2)23(15)33-24(19)20/h3-12,22,25H,1-2H3/t22-,25-/m0/s1. The molecular weight excluding hydrogens is 424 g/mol. The molecule has 0 N–H and O–H groups in total. The molecule has 0 unspecified atom stereocenters. The number of fused-ring (bicyclic) bond motifs is 6. The van der Waals surface area contributed by atoms with E-state index in [1.165, 1.54) is 7.11 Å². The lowest BCUT2D eigenvalue weighted by Gasteiger charge is -2.14. The van der Waals surface area contributed by atoms with Crippen molar-refractivity contribution in [3.8, 4) is 17.2 Å². The van der Waals surface area contributed by atoms with E-state index in [0.29, 0.717) is 33.6 Å². The number of methoxy groups -OCH3 is 1. The average molecular weight is 442 g/mol. The molecule has 1 aromatic heterocycles. The van der Waals surface area contributed by atoms with E-state index in [1.807, 2.05) is 6.92 Å². The third-order valence-corrected chi connectivity index (χ3v) is 6.00. The van der Waals surface area contributed by atoms with Crippen molar-refractivity contribution in [2.45, 2.75) is 19.1 Å². The number of esters is 1. The summed E-state index contributed by atoms with van der Waals surface area (Å²) in [5, 5.41) is 0.465. The Labute approximate surface area is 187 Å². The number of carbonyl (C=O) groups is 1. The number of rotatable bonds is 3. The first-order chi connectivity index (χ1) is 16.1. The van der Waals surface area contributed by atoms with Crippen molar-refractivity contribution in [3.05, 3.63) is 87.8 Å². The Bertz CT molecular complexity index is 1530. The molecule has 4 aromatic rings. The van der Waals surface area contributed by atoms with Crippen molar-refractivity contribution in [2.75, 3.05) is 7.11 Å². The molecule has 2 aliphatic heterocycles. The Morgan fingerprint density at radius 2 is 1.79 bits per heavy atom. The highest BCUT2D eigenvalue weighted by molar-refractivity contribution is 6.00. The van der Waals surface area contributed by atoms with Crippen LogP contribution in [0.15, 0.2) is 75.6 Å². The average Bonchev–Trinajstić information content (AvgIpc) is 3.38. The van der Waals surface area contributed by atoms with Gasteiger partial charge in [-0.2, -0.15) is 0 Å². The highest BCUT2D eigenvalue weighted by Crippen LogP contribution is 2.50. The Morgan fingerprint density at radius 1 is 0.970 bits per heavy atom. The highest BCUT2D eigenvalue weighted by Gasteiger charge is 2.44. The monoisotopic (exact) mass is 442 g/mol. The Kier molecular flexibility index (Phi) is 4.20. The summed E-state index contributed by atoms with van der Waals surface area (Å²) in [6.45, 7) is 1.91. The Balaban J connectivity index is 1.63. The van der Waals surface area contributed by atoms with Crippen LogP contribution in [0.25, 0.3) is 21.9 Å². The van der Waals surface area contributed by atoms with Gasteiger partial charge in [0.1, 0.15) is 16.9 Å². The molecule has 0 saturated heterocycles. The van der Waals surface area contributed by atoms with E-state index in [-0.39, 0.29) is 28.3 Å². The zero-order chi connectivity index (χ0) is 22.7. The number of para-hydroxylation sites is 1. The van der Waals surface area contributed by atoms with Crippen LogP contribution in [0.4, 0.5) is 0 Å². The molecule has 0 bridgehead atoms. The van der Waals surface area contributed by atoms with E-state index in [1.54, 1.807) is 60.9 Å². The molecule has 0 aliphatic carbocycles. The summed E-state index contributed by atoms with van der Waals surface area (Å²) in [5.41, 5.74) is 2.09. The van der Waals surface area contributed by atoms with E-state index in [9.17, 15) is 9.59 Å². The van der Waals surface area contributed by atoms with Crippen molar-refractivity contribution < 1.29 is 28.2 Å². The quantitative estimate of drug-likeness (QED) is 0.253. The summed E-state index contributed by atoms with van der Waals surface area (Å²) in [4.78, 5) is 26.5. The smallest absolute Gasteiger partial charge is 0.343 e. The molecule has 0 amide bonds. The van der Waals surface area contributed by atoms with Crippen LogP contribution in [0.1, 0.15) is 28.9 Å². The molecule has 3 aromatic carbocycles. The van der Waals surface area contributed by atoms with Gasteiger partial charge in [-0.15, -0.1) is 0 Å². The topological polar surface area (TPSA) is 84.2 Å². The van der Waals surface area contributed by atoms with Gasteiger partial charge in [-0.1, -0.05) is 24.3 Å². The van der Waals surface area contributed by atoms with Gasteiger partial charge in [0.25, 0.3) is 0 Å². The molecule has 2 atom stereocenters. The fourth-order valence-electron chi connectivity index (χ4n) is 4.40. The first-order valence-corrected chi connectivity index (χ1v) is 10.4. The van der Waals surface area contributed by atoms with Gasteiger partial charge in [0.2, 0.25) is 5.43 Å². The summed E-state index contributed by atoms with van der Waals surface area (Å²) >= 11 is 0. The van der Waals surface area contributed by atoms with E-state index < -0.39 is 12.1 Å². The predicted molar refractivity (Wildman–Crippen MR) is 120 cm³/mol. The number of hydrogen-bond acceptors (Lipinski definition) is 7. The molecule has 0 radical (unpaired) electrons. The van der Waals surface area contributed by atoms with Crippen LogP contribution in [-0.2, 0) is 4.74 Å². The van der Waals surface area contributed by atoms with Crippen molar-refractivity contribution >= 4 is 27.9 Å². The number of benzene rings is 3. The molecule has 3 heterocycles. The van der Waals surface area contributed by atoms with E-state index >= 15 is 0 Å². The lowest BCUT2D eigenvalue weighted by Crippen LogP contribution is -2.15. The zero-order valence-corrected chi connectivity index (χ0v) is 17.8. The van der Waals surface area contributed by atoms with Crippen molar-refractivity contribution in [2.24, 2.45) is 0 Å². The maximum absolute atomic E-state index is 13.6. The number of hydrogen-bond donors (Lipinski definition) is 0. The Hall–Kier alpha value is -4.26. The molecule has 7 heteroatoms. The van der Waals surface area contributed by atoms with Gasteiger partial charge >= 0.3 is 5.97 Å². The summed E-state index contributed by atoms with van der Waals surface area (Å²) in [7, 11) is 1.51. The van der Waals surface area contributed by atoms with Gasteiger partial charge in [-0.3, -0.25) is 4.79 Å². The van der Waals surface area contributed by atoms with Crippen LogP contribution >= 0.6 is 0 Å². The SMILES string of the molecule is COc1cccc2c(=O)c3c(OC(=O)c4ccccc4)cc4c(c3oc12)[C@@H]1OC=C(C)[C@@H]1O4. The largest absolute Gasteiger partial charge is 0.493 e. The fraction of sp³-hybridized carbons (Fsp3) is 0.154.